The fourth-order valence-corrected chi connectivity index (χ4v) is 2.18. The quantitative estimate of drug-likeness (QED) is 0.663. The van der Waals surface area contributed by atoms with E-state index in [-0.39, 0.29) is 5.69 Å². The first-order chi connectivity index (χ1) is 9.45. The summed E-state index contributed by atoms with van der Waals surface area (Å²) in [5, 5.41) is 13.8. The van der Waals surface area contributed by atoms with E-state index in [1.807, 2.05) is 25.1 Å². The highest BCUT2D eigenvalue weighted by Crippen LogP contribution is 2.22. The molecule has 20 heavy (non-hydrogen) atoms. The van der Waals surface area contributed by atoms with E-state index in [9.17, 15) is 14.5 Å². The molecule has 0 fully saturated rings. The van der Waals surface area contributed by atoms with Crippen LogP contribution in [0.25, 0.3) is 0 Å². The predicted molar refractivity (Wildman–Crippen MR) is 79.3 cm³/mol. The minimum absolute atomic E-state index is 0.243. The van der Waals surface area contributed by atoms with Gasteiger partial charge < -0.3 is 5.32 Å². The van der Waals surface area contributed by atoms with Gasteiger partial charge in [0.1, 0.15) is 5.82 Å². The van der Waals surface area contributed by atoms with Crippen LogP contribution in [0.1, 0.15) is 11.1 Å². The van der Waals surface area contributed by atoms with Crippen LogP contribution in [0.5, 0.6) is 0 Å². The maximum atomic E-state index is 13.3. The number of rotatable bonds is 4. The molecule has 0 unspecified atom stereocenters. The summed E-state index contributed by atoms with van der Waals surface area (Å²) in [5.74, 6) is -0.609. The van der Waals surface area contributed by atoms with Crippen molar-refractivity contribution in [2.45, 2.75) is 13.5 Å². The first-order valence-corrected chi connectivity index (χ1v) is 6.69. The number of non-ortho nitro benzene ring substituents is 1. The first-order valence-electron chi connectivity index (χ1n) is 5.89. The maximum absolute atomic E-state index is 13.3. The Hall–Kier alpha value is -1.95. The Morgan fingerprint density at radius 3 is 2.75 bits per heavy atom. The lowest BCUT2D eigenvalue weighted by atomic mass is 10.1. The number of halogens is 2. The molecular formula is C14H12BrFN2O2. The third-order valence-electron chi connectivity index (χ3n) is 2.84. The summed E-state index contributed by atoms with van der Waals surface area (Å²) >= 11 is 3.38. The van der Waals surface area contributed by atoms with Crippen molar-refractivity contribution in [2.75, 3.05) is 5.32 Å². The molecule has 0 aliphatic rings. The minimum atomic E-state index is -0.609. The van der Waals surface area contributed by atoms with Gasteiger partial charge in [-0.3, -0.25) is 10.1 Å². The molecule has 4 nitrogen and oxygen atoms in total. The number of nitro benzene ring substituents is 1. The Bertz CT molecular complexity index is 662. The van der Waals surface area contributed by atoms with Gasteiger partial charge in [0.25, 0.3) is 5.69 Å². The van der Waals surface area contributed by atoms with Crippen LogP contribution in [0.2, 0.25) is 0 Å². The molecule has 0 amide bonds. The summed E-state index contributed by atoms with van der Waals surface area (Å²) in [4.78, 5) is 10.1. The topological polar surface area (TPSA) is 55.2 Å². The van der Waals surface area contributed by atoms with Gasteiger partial charge in [-0.2, -0.15) is 0 Å². The second-order valence-electron chi connectivity index (χ2n) is 4.39. The number of benzene rings is 2. The molecule has 0 radical (unpaired) electrons. The molecule has 0 aliphatic carbocycles. The lowest BCUT2D eigenvalue weighted by Gasteiger charge is -2.10. The SMILES string of the molecule is Cc1ccc(Br)cc1NCc1cc(F)cc([N+](=O)[O-])c1. The zero-order chi connectivity index (χ0) is 14.7. The maximum Gasteiger partial charge on any atom is 0.272 e. The van der Waals surface area contributed by atoms with Crippen LogP contribution >= 0.6 is 15.9 Å². The Morgan fingerprint density at radius 1 is 1.30 bits per heavy atom. The lowest BCUT2D eigenvalue weighted by Crippen LogP contribution is -2.02. The second kappa shape index (κ2) is 6.00. The molecular weight excluding hydrogens is 327 g/mol. The normalized spacial score (nSPS) is 10.3. The Kier molecular flexibility index (Phi) is 4.34. The molecule has 0 saturated carbocycles. The molecule has 0 bridgehead atoms. The summed E-state index contributed by atoms with van der Waals surface area (Å²) in [5.41, 5.74) is 2.22. The van der Waals surface area contributed by atoms with Gasteiger partial charge in [0.05, 0.1) is 11.0 Å². The fourth-order valence-electron chi connectivity index (χ4n) is 1.82. The fraction of sp³-hybridized carbons (Fsp3) is 0.143. The van der Waals surface area contributed by atoms with Gasteiger partial charge in [-0.15, -0.1) is 0 Å². The highest BCUT2D eigenvalue weighted by Gasteiger charge is 2.10. The van der Waals surface area contributed by atoms with Crippen molar-refractivity contribution in [3.05, 3.63) is 67.9 Å². The van der Waals surface area contributed by atoms with Gasteiger partial charge in [0, 0.05) is 22.8 Å². The number of hydrogen-bond acceptors (Lipinski definition) is 3. The Balaban J connectivity index is 2.18. The van der Waals surface area contributed by atoms with Crippen molar-refractivity contribution in [3.63, 3.8) is 0 Å². The van der Waals surface area contributed by atoms with E-state index in [1.165, 1.54) is 12.1 Å². The van der Waals surface area contributed by atoms with Crippen LogP contribution in [-0.2, 0) is 6.54 Å². The number of nitrogens with zero attached hydrogens (tertiary/aromatic N) is 1. The van der Waals surface area contributed by atoms with E-state index in [0.29, 0.717) is 12.1 Å². The Labute approximate surface area is 123 Å². The van der Waals surface area contributed by atoms with Crippen LogP contribution in [0.15, 0.2) is 40.9 Å². The minimum Gasteiger partial charge on any atom is -0.381 e. The standard InChI is InChI=1S/C14H12BrFN2O2/c1-9-2-3-11(15)6-14(9)17-8-10-4-12(16)7-13(5-10)18(19)20/h2-7,17H,8H2,1H3. The van der Waals surface area contributed by atoms with E-state index in [4.69, 9.17) is 0 Å². The lowest BCUT2D eigenvalue weighted by molar-refractivity contribution is -0.385. The molecule has 2 rings (SSSR count). The van der Waals surface area contributed by atoms with E-state index >= 15 is 0 Å². The predicted octanol–water partition coefficient (Wildman–Crippen LogP) is 4.42. The van der Waals surface area contributed by atoms with Crippen LogP contribution < -0.4 is 5.32 Å². The third kappa shape index (κ3) is 3.54. The third-order valence-corrected chi connectivity index (χ3v) is 3.33. The first kappa shape index (κ1) is 14.5. The summed E-state index contributed by atoms with van der Waals surface area (Å²) in [6.45, 7) is 2.26. The molecule has 0 aliphatic heterocycles. The zero-order valence-electron chi connectivity index (χ0n) is 10.7. The average molecular weight is 339 g/mol. The number of anilines is 1. The van der Waals surface area contributed by atoms with E-state index in [2.05, 4.69) is 21.2 Å². The smallest absolute Gasteiger partial charge is 0.272 e. The van der Waals surface area contributed by atoms with E-state index in [0.717, 1.165) is 21.8 Å². The average Bonchev–Trinajstić information content (AvgIpc) is 2.39. The highest BCUT2D eigenvalue weighted by molar-refractivity contribution is 9.10. The van der Waals surface area contributed by atoms with Crippen molar-refractivity contribution < 1.29 is 9.31 Å². The van der Waals surface area contributed by atoms with Crippen LogP contribution in [-0.4, -0.2) is 4.92 Å². The molecule has 2 aromatic carbocycles. The van der Waals surface area contributed by atoms with Crippen molar-refractivity contribution in [1.82, 2.24) is 0 Å². The summed E-state index contributed by atoms with van der Waals surface area (Å²) in [7, 11) is 0. The summed E-state index contributed by atoms with van der Waals surface area (Å²) in [6, 6.07) is 9.33. The molecule has 0 saturated heterocycles. The Morgan fingerprint density at radius 2 is 2.05 bits per heavy atom. The number of nitrogens with one attached hydrogen (secondary N) is 1. The number of aryl methyl sites for hydroxylation is 1. The monoisotopic (exact) mass is 338 g/mol. The summed E-state index contributed by atoms with van der Waals surface area (Å²) < 4.78 is 14.2. The van der Waals surface area contributed by atoms with E-state index in [1.54, 1.807) is 0 Å². The van der Waals surface area contributed by atoms with Crippen molar-refractivity contribution in [2.24, 2.45) is 0 Å². The highest BCUT2D eigenvalue weighted by atomic mass is 79.9. The van der Waals surface area contributed by atoms with Gasteiger partial charge in [0.15, 0.2) is 0 Å². The zero-order valence-corrected chi connectivity index (χ0v) is 12.3. The van der Waals surface area contributed by atoms with Crippen LogP contribution in [0.4, 0.5) is 15.8 Å². The van der Waals surface area contributed by atoms with Crippen molar-refractivity contribution >= 4 is 27.3 Å². The van der Waals surface area contributed by atoms with Crippen molar-refractivity contribution in [1.29, 1.82) is 0 Å². The van der Waals surface area contributed by atoms with Gasteiger partial charge in [0.2, 0.25) is 0 Å². The number of hydrogen-bond donors (Lipinski definition) is 1. The molecule has 0 aromatic heterocycles. The second-order valence-corrected chi connectivity index (χ2v) is 5.30. The van der Waals surface area contributed by atoms with Gasteiger partial charge in [-0.05, 0) is 36.2 Å². The molecule has 104 valence electrons. The summed E-state index contributed by atoms with van der Waals surface area (Å²) in [6.07, 6.45) is 0. The van der Waals surface area contributed by atoms with Crippen molar-refractivity contribution in [3.8, 4) is 0 Å². The number of nitro groups is 1. The van der Waals surface area contributed by atoms with Gasteiger partial charge >= 0.3 is 0 Å². The van der Waals surface area contributed by atoms with Crippen LogP contribution in [0.3, 0.4) is 0 Å². The van der Waals surface area contributed by atoms with Gasteiger partial charge in [-0.25, -0.2) is 4.39 Å². The molecule has 6 heteroatoms. The molecule has 2 aromatic rings. The molecule has 0 heterocycles. The molecule has 0 spiro atoms. The van der Waals surface area contributed by atoms with Crippen LogP contribution in [0, 0.1) is 22.9 Å². The largest absolute Gasteiger partial charge is 0.381 e. The molecule has 1 N–H and O–H groups in total. The van der Waals surface area contributed by atoms with E-state index < -0.39 is 10.7 Å². The van der Waals surface area contributed by atoms with Gasteiger partial charge in [-0.1, -0.05) is 22.0 Å². The molecule has 0 atom stereocenters.